The van der Waals surface area contributed by atoms with Gasteiger partial charge in [-0.25, -0.2) is 0 Å². The predicted molar refractivity (Wildman–Crippen MR) is 133 cm³/mol. The molecule has 3 rings (SSSR count). The van der Waals surface area contributed by atoms with Crippen LogP contribution in [-0.4, -0.2) is 94.7 Å². The van der Waals surface area contributed by atoms with E-state index in [0.717, 1.165) is 31.5 Å². The second kappa shape index (κ2) is 13.5. The molecule has 2 aliphatic rings. The number of aliphatic hydroxyl groups excluding tert-OH is 2. The number of likely N-dealkylation sites (tertiary alicyclic amines) is 1. The maximum Gasteiger partial charge on any atom is 0.246 e. The summed E-state index contributed by atoms with van der Waals surface area (Å²) in [5, 5.41) is 20.3. The van der Waals surface area contributed by atoms with Gasteiger partial charge in [0.05, 0.1) is 22.3 Å². The number of piperidine rings is 1. The van der Waals surface area contributed by atoms with E-state index in [4.69, 9.17) is 23.2 Å². The van der Waals surface area contributed by atoms with Gasteiger partial charge in [-0.05, 0) is 49.6 Å². The lowest BCUT2D eigenvalue weighted by Gasteiger charge is -2.33. The Morgan fingerprint density at radius 3 is 2.52 bits per heavy atom. The smallest absolute Gasteiger partial charge is 0.246 e. The number of halogens is 3. The molecular weight excluding hydrogens is 489 g/mol. The molecule has 0 aliphatic carbocycles. The average Bonchev–Trinajstić information content (AvgIpc) is 2.96. The van der Waals surface area contributed by atoms with Crippen molar-refractivity contribution >= 4 is 53.5 Å². The van der Waals surface area contributed by atoms with Crippen molar-refractivity contribution in [1.29, 1.82) is 0 Å². The highest BCUT2D eigenvalue weighted by Gasteiger charge is 2.26. The number of nitrogens with zero attached hydrogens (tertiary/aromatic N) is 3. The monoisotopic (exact) mass is 519 g/mol. The molecule has 0 saturated carbocycles. The van der Waals surface area contributed by atoms with Gasteiger partial charge in [0.15, 0.2) is 0 Å². The van der Waals surface area contributed by atoms with Gasteiger partial charge in [-0.2, -0.15) is 0 Å². The number of hydrogen-bond donors (Lipinski definition) is 2. The van der Waals surface area contributed by atoms with Gasteiger partial charge in [0.2, 0.25) is 11.8 Å². The Hall–Kier alpha value is -1.35. The second-order valence-corrected chi connectivity index (χ2v) is 9.21. The zero-order valence-electron chi connectivity index (χ0n) is 18.5. The summed E-state index contributed by atoms with van der Waals surface area (Å²) >= 11 is 11.9. The number of hydrogen-bond acceptors (Lipinski definition) is 5. The van der Waals surface area contributed by atoms with Gasteiger partial charge < -0.3 is 24.9 Å². The topological polar surface area (TPSA) is 84.3 Å². The highest BCUT2D eigenvalue weighted by molar-refractivity contribution is 6.42. The van der Waals surface area contributed by atoms with Gasteiger partial charge in [-0.3, -0.25) is 9.59 Å². The van der Waals surface area contributed by atoms with Gasteiger partial charge in [0.25, 0.3) is 0 Å². The molecule has 2 N–H and O–H groups in total. The fourth-order valence-electron chi connectivity index (χ4n) is 4.04. The molecule has 0 spiro atoms. The minimum Gasteiger partial charge on any atom is -0.390 e. The molecule has 1 aromatic rings. The van der Waals surface area contributed by atoms with Crippen LogP contribution in [0.3, 0.4) is 0 Å². The first-order valence-electron chi connectivity index (χ1n) is 11.1. The number of carbonyl (C=O) groups excluding carboxylic acids is 2. The molecule has 1 aromatic carbocycles. The molecule has 10 heteroatoms. The first kappa shape index (κ1) is 27.9. The summed E-state index contributed by atoms with van der Waals surface area (Å²) in [6, 6.07) is 5.18. The molecule has 2 heterocycles. The van der Waals surface area contributed by atoms with Gasteiger partial charge >= 0.3 is 0 Å². The molecule has 2 aliphatic heterocycles. The number of benzene rings is 1. The number of rotatable bonds is 7. The summed E-state index contributed by atoms with van der Waals surface area (Å²) in [6.07, 6.45) is 4.61. The third kappa shape index (κ3) is 8.42. The Kier molecular flexibility index (Phi) is 11.4. The Morgan fingerprint density at radius 1 is 1.03 bits per heavy atom. The summed E-state index contributed by atoms with van der Waals surface area (Å²) < 4.78 is 0. The van der Waals surface area contributed by atoms with E-state index in [-0.39, 0.29) is 24.2 Å². The van der Waals surface area contributed by atoms with Crippen molar-refractivity contribution in [2.45, 2.75) is 37.9 Å². The molecule has 2 fully saturated rings. The molecule has 0 bridgehead atoms. The normalized spacial score (nSPS) is 22.4. The minimum atomic E-state index is -0.676. The van der Waals surface area contributed by atoms with Crippen molar-refractivity contribution in [2.75, 3.05) is 45.8 Å². The fraction of sp³-hybridized carbons (Fsp3) is 0.565. The van der Waals surface area contributed by atoms with Crippen molar-refractivity contribution in [3.8, 4) is 0 Å². The third-order valence-electron chi connectivity index (χ3n) is 6.04. The number of aliphatic hydroxyl groups is 2. The summed E-state index contributed by atoms with van der Waals surface area (Å²) in [4.78, 5) is 30.8. The lowest BCUT2D eigenvalue weighted by Crippen LogP contribution is -2.46. The van der Waals surface area contributed by atoms with Gasteiger partial charge in [-0.1, -0.05) is 29.3 Å². The third-order valence-corrected chi connectivity index (χ3v) is 6.78. The maximum absolute atomic E-state index is 12.6. The van der Waals surface area contributed by atoms with Crippen LogP contribution in [0.4, 0.5) is 0 Å². The van der Waals surface area contributed by atoms with E-state index < -0.39 is 12.2 Å². The van der Waals surface area contributed by atoms with Crippen LogP contribution in [0.25, 0.3) is 6.08 Å². The van der Waals surface area contributed by atoms with Crippen molar-refractivity contribution in [3.63, 3.8) is 0 Å². The first-order chi connectivity index (χ1) is 15.3. The summed E-state index contributed by atoms with van der Waals surface area (Å²) in [5.74, 6) is -0.0538. The van der Waals surface area contributed by atoms with Crippen LogP contribution in [0.5, 0.6) is 0 Å². The van der Waals surface area contributed by atoms with Gasteiger partial charge in [-0.15, -0.1) is 12.4 Å². The standard InChI is InChI=1S/C23H31Cl2N3O4.ClH/c24-18-5-3-17(15-19(18)25)4-6-22(31)28-12-8-23(32)27(13-14-28)10-2-1-9-26-11-7-20(29)21(30)16-26;/h3-6,15,20-21,29-30H,1-2,7-14,16H2;1H. The van der Waals surface area contributed by atoms with Gasteiger partial charge in [0, 0.05) is 51.8 Å². The molecule has 33 heavy (non-hydrogen) atoms. The zero-order chi connectivity index (χ0) is 23.1. The lowest BCUT2D eigenvalue weighted by atomic mass is 10.0. The number of β-amino-alcohol motifs (C(OH)–C–C–N with tert-alkyl or cyclic N) is 1. The van der Waals surface area contributed by atoms with E-state index in [1.165, 1.54) is 6.08 Å². The van der Waals surface area contributed by atoms with Gasteiger partial charge in [0.1, 0.15) is 0 Å². The van der Waals surface area contributed by atoms with Crippen molar-refractivity contribution in [1.82, 2.24) is 14.7 Å². The molecular formula is C23H32Cl3N3O4. The molecule has 2 amide bonds. The zero-order valence-corrected chi connectivity index (χ0v) is 20.9. The summed E-state index contributed by atoms with van der Waals surface area (Å²) in [6.45, 7) is 4.24. The van der Waals surface area contributed by atoms with Crippen LogP contribution in [0.1, 0.15) is 31.2 Å². The molecule has 2 unspecified atom stereocenters. The highest BCUT2D eigenvalue weighted by atomic mass is 35.5. The number of carbonyl (C=O) groups is 2. The van der Waals surface area contributed by atoms with Crippen molar-refractivity contribution in [3.05, 3.63) is 39.9 Å². The van der Waals surface area contributed by atoms with Crippen LogP contribution >= 0.6 is 35.6 Å². The van der Waals surface area contributed by atoms with E-state index in [0.29, 0.717) is 55.6 Å². The Balaban J connectivity index is 0.00000385. The fourth-order valence-corrected chi connectivity index (χ4v) is 4.34. The largest absolute Gasteiger partial charge is 0.390 e. The van der Waals surface area contributed by atoms with Crippen LogP contribution < -0.4 is 0 Å². The molecule has 2 saturated heterocycles. The van der Waals surface area contributed by atoms with Crippen LogP contribution in [0.15, 0.2) is 24.3 Å². The molecule has 184 valence electrons. The van der Waals surface area contributed by atoms with Crippen LogP contribution in [0, 0.1) is 0 Å². The summed E-state index contributed by atoms with van der Waals surface area (Å²) in [7, 11) is 0. The first-order valence-corrected chi connectivity index (χ1v) is 11.9. The Bertz CT molecular complexity index is 839. The lowest BCUT2D eigenvalue weighted by molar-refractivity contribution is -0.130. The van der Waals surface area contributed by atoms with Crippen LogP contribution in [-0.2, 0) is 9.59 Å². The van der Waals surface area contributed by atoms with E-state index in [2.05, 4.69) is 4.90 Å². The predicted octanol–water partition coefficient (Wildman–Crippen LogP) is 2.70. The Labute approximate surface area is 211 Å². The van der Waals surface area contributed by atoms with Crippen molar-refractivity contribution < 1.29 is 19.8 Å². The van der Waals surface area contributed by atoms with Crippen molar-refractivity contribution in [2.24, 2.45) is 0 Å². The Morgan fingerprint density at radius 2 is 1.79 bits per heavy atom. The molecule has 0 radical (unpaired) electrons. The molecule has 0 aromatic heterocycles. The van der Waals surface area contributed by atoms with Crippen LogP contribution in [0.2, 0.25) is 10.0 Å². The highest BCUT2D eigenvalue weighted by Crippen LogP contribution is 2.23. The van der Waals surface area contributed by atoms with E-state index >= 15 is 0 Å². The number of amides is 2. The van der Waals surface area contributed by atoms with E-state index in [9.17, 15) is 19.8 Å². The van der Waals surface area contributed by atoms with E-state index in [1.54, 1.807) is 29.2 Å². The summed E-state index contributed by atoms with van der Waals surface area (Å²) in [5.41, 5.74) is 0.788. The van der Waals surface area contributed by atoms with E-state index in [1.807, 2.05) is 4.90 Å². The number of unbranched alkanes of at least 4 members (excludes halogenated alkanes) is 1. The quantitative estimate of drug-likeness (QED) is 0.427. The average molecular weight is 521 g/mol. The minimum absolute atomic E-state index is 0. The second-order valence-electron chi connectivity index (χ2n) is 8.39. The molecule has 2 atom stereocenters. The SMILES string of the molecule is Cl.O=C(C=Cc1ccc(Cl)c(Cl)c1)N1CCC(=O)N(CCCCN2CCC(O)C(O)C2)CC1. The maximum atomic E-state index is 12.6. The molecule has 7 nitrogen and oxygen atoms in total.